The highest BCUT2D eigenvalue weighted by Crippen LogP contribution is 2.25. The SMILES string of the molecule is CC(C)CCO[C@@H](C)C(=O)N[C@H](CCO)c1ccccc1Br. The summed E-state index contributed by atoms with van der Waals surface area (Å²) in [6, 6.07) is 7.47. The molecule has 0 radical (unpaired) electrons. The largest absolute Gasteiger partial charge is 0.396 e. The van der Waals surface area contributed by atoms with Crippen LogP contribution in [0, 0.1) is 5.92 Å². The van der Waals surface area contributed by atoms with Gasteiger partial charge >= 0.3 is 0 Å². The Morgan fingerprint density at radius 1 is 1.27 bits per heavy atom. The number of amides is 1. The minimum atomic E-state index is -0.498. The zero-order valence-electron chi connectivity index (χ0n) is 13.5. The quantitative estimate of drug-likeness (QED) is 0.698. The molecule has 2 N–H and O–H groups in total. The van der Waals surface area contributed by atoms with Gasteiger partial charge in [0.1, 0.15) is 6.10 Å². The number of benzene rings is 1. The Labute approximate surface area is 141 Å². The van der Waals surface area contributed by atoms with E-state index >= 15 is 0 Å². The van der Waals surface area contributed by atoms with Gasteiger partial charge in [-0.25, -0.2) is 0 Å². The van der Waals surface area contributed by atoms with Gasteiger partial charge < -0.3 is 15.2 Å². The number of aliphatic hydroxyl groups excluding tert-OH is 1. The maximum Gasteiger partial charge on any atom is 0.249 e. The van der Waals surface area contributed by atoms with Crippen molar-refractivity contribution < 1.29 is 14.6 Å². The molecule has 1 aromatic carbocycles. The topological polar surface area (TPSA) is 58.6 Å². The Hall–Kier alpha value is -0.910. The van der Waals surface area contributed by atoms with Crippen molar-refractivity contribution in [1.82, 2.24) is 5.32 Å². The normalized spacial score (nSPS) is 13.9. The van der Waals surface area contributed by atoms with Crippen molar-refractivity contribution in [3.05, 3.63) is 34.3 Å². The molecule has 2 atom stereocenters. The van der Waals surface area contributed by atoms with Gasteiger partial charge in [-0.05, 0) is 37.3 Å². The van der Waals surface area contributed by atoms with E-state index in [2.05, 4.69) is 35.1 Å². The second-order valence-electron chi connectivity index (χ2n) is 5.79. The Morgan fingerprint density at radius 2 is 1.95 bits per heavy atom. The van der Waals surface area contributed by atoms with Gasteiger partial charge in [0.2, 0.25) is 5.91 Å². The summed E-state index contributed by atoms with van der Waals surface area (Å²) in [5.41, 5.74) is 0.958. The van der Waals surface area contributed by atoms with Gasteiger partial charge in [-0.1, -0.05) is 48.0 Å². The third-order valence-corrected chi connectivity index (χ3v) is 4.17. The lowest BCUT2D eigenvalue weighted by molar-refractivity contribution is -0.132. The van der Waals surface area contributed by atoms with Gasteiger partial charge in [0.15, 0.2) is 0 Å². The first kappa shape index (κ1) is 19.1. The van der Waals surface area contributed by atoms with Crippen LogP contribution in [0.5, 0.6) is 0 Å². The summed E-state index contributed by atoms with van der Waals surface area (Å²) in [7, 11) is 0. The van der Waals surface area contributed by atoms with Gasteiger partial charge in [-0.2, -0.15) is 0 Å². The molecule has 0 bridgehead atoms. The first-order valence-electron chi connectivity index (χ1n) is 7.73. The first-order valence-corrected chi connectivity index (χ1v) is 8.52. The number of carbonyl (C=O) groups is 1. The standard InChI is InChI=1S/C17H26BrNO3/c1-12(2)9-11-22-13(3)17(21)19-16(8-10-20)14-6-4-5-7-15(14)18/h4-7,12-13,16,20H,8-11H2,1-3H3,(H,19,21)/t13-,16+/m0/s1. The summed E-state index contributed by atoms with van der Waals surface area (Å²) in [5.74, 6) is 0.399. The van der Waals surface area contributed by atoms with Crippen LogP contribution in [-0.2, 0) is 9.53 Å². The molecule has 0 aliphatic carbocycles. The highest BCUT2D eigenvalue weighted by molar-refractivity contribution is 9.10. The van der Waals surface area contributed by atoms with Crippen LogP contribution in [0.25, 0.3) is 0 Å². The van der Waals surface area contributed by atoms with Crippen molar-refractivity contribution in [3.8, 4) is 0 Å². The minimum Gasteiger partial charge on any atom is -0.396 e. The molecule has 1 aromatic rings. The van der Waals surface area contributed by atoms with Crippen molar-refractivity contribution in [2.24, 2.45) is 5.92 Å². The number of ether oxygens (including phenoxy) is 1. The third kappa shape index (κ3) is 6.46. The Bertz CT molecular complexity index is 465. The van der Waals surface area contributed by atoms with Gasteiger partial charge in [0, 0.05) is 17.7 Å². The van der Waals surface area contributed by atoms with Crippen LogP contribution >= 0.6 is 15.9 Å². The highest BCUT2D eigenvalue weighted by atomic mass is 79.9. The predicted octanol–water partition coefficient (Wildman–Crippen LogP) is 3.44. The Balaban J connectivity index is 2.63. The molecular weight excluding hydrogens is 346 g/mol. The maximum absolute atomic E-state index is 12.3. The smallest absolute Gasteiger partial charge is 0.249 e. The summed E-state index contributed by atoms with van der Waals surface area (Å²) in [6.07, 6.45) is 0.900. The van der Waals surface area contributed by atoms with E-state index in [1.807, 2.05) is 24.3 Å². The maximum atomic E-state index is 12.3. The number of halogens is 1. The first-order chi connectivity index (χ1) is 10.5. The van der Waals surface area contributed by atoms with Gasteiger partial charge in [0.05, 0.1) is 6.04 Å². The Kier molecular flexibility index (Phi) is 8.68. The fraction of sp³-hybridized carbons (Fsp3) is 0.588. The highest BCUT2D eigenvalue weighted by Gasteiger charge is 2.20. The van der Waals surface area contributed by atoms with Crippen LogP contribution in [-0.4, -0.2) is 30.3 Å². The van der Waals surface area contributed by atoms with Crippen molar-refractivity contribution in [1.29, 1.82) is 0 Å². The lowest BCUT2D eigenvalue weighted by Crippen LogP contribution is -2.37. The third-order valence-electron chi connectivity index (χ3n) is 3.45. The summed E-state index contributed by atoms with van der Waals surface area (Å²) in [6.45, 7) is 6.59. The fourth-order valence-electron chi connectivity index (χ4n) is 2.04. The molecule has 0 fully saturated rings. The average molecular weight is 372 g/mol. The number of hydrogen-bond acceptors (Lipinski definition) is 3. The average Bonchev–Trinajstić information content (AvgIpc) is 2.46. The van der Waals surface area contributed by atoms with Gasteiger partial charge in [-0.15, -0.1) is 0 Å². The summed E-state index contributed by atoms with van der Waals surface area (Å²) in [4.78, 5) is 12.3. The molecular formula is C17H26BrNO3. The van der Waals surface area contributed by atoms with Crippen LogP contribution in [0.4, 0.5) is 0 Å². The van der Waals surface area contributed by atoms with E-state index in [0.29, 0.717) is 18.9 Å². The monoisotopic (exact) mass is 371 g/mol. The molecule has 124 valence electrons. The molecule has 5 heteroatoms. The van der Waals surface area contributed by atoms with E-state index in [0.717, 1.165) is 16.5 Å². The molecule has 0 spiro atoms. The summed E-state index contributed by atoms with van der Waals surface area (Å²) < 4.78 is 6.49. The van der Waals surface area contributed by atoms with Crippen LogP contribution in [0.3, 0.4) is 0 Å². The lowest BCUT2D eigenvalue weighted by Gasteiger charge is -2.22. The number of nitrogens with one attached hydrogen (secondary N) is 1. The van der Waals surface area contributed by atoms with Crippen molar-refractivity contribution in [2.75, 3.05) is 13.2 Å². The van der Waals surface area contributed by atoms with Crippen LogP contribution < -0.4 is 5.32 Å². The van der Waals surface area contributed by atoms with Crippen molar-refractivity contribution >= 4 is 21.8 Å². The van der Waals surface area contributed by atoms with Crippen LogP contribution in [0.2, 0.25) is 0 Å². The van der Waals surface area contributed by atoms with E-state index in [9.17, 15) is 9.90 Å². The predicted molar refractivity (Wildman–Crippen MR) is 91.6 cm³/mol. The van der Waals surface area contributed by atoms with E-state index in [1.54, 1.807) is 6.92 Å². The second kappa shape index (κ2) is 9.98. The zero-order chi connectivity index (χ0) is 16.5. The molecule has 0 saturated heterocycles. The van der Waals surface area contributed by atoms with E-state index in [4.69, 9.17) is 4.74 Å². The fourth-order valence-corrected chi connectivity index (χ4v) is 2.60. The molecule has 0 aliphatic rings. The van der Waals surface area contributed by atoms with E-state index < -0.39 is 6.10 Å². The van der Waals surface area contributed by atoms with E-state index in [1.165, 1.54) is 0 Å². The number of carbonyl (C=O) groups excluding carboxylic acids is 1. The minimum absolute atomic E-state index is 0.00880. The number of aliphatic hydroxyl groups is 1. The summed E-state index contributed by atoms with van der Waals surface area (Å²) in [5, 5.41) is 12.2. The molecule has 1 amide bonds. The molecule has 1 rings (SSSR count). The van der Waals surface area contributed by atoms with Crippen LogP contribution in [0.15, 0.2) is 28.7 Å². The van der Waals surface area contributed by atoms with Crippen molar-refractivity contribution in [2.45, 2.75) is 45.8 Å². The van der Waals surface area contributed by atoms with Gasteiger partial charge in [0.25, 0.3) is 0 Å². The van der Waals surface area contributed by atoms with E-state index in [-0.39, 0.29) is 18.6 Å². The molecule has 0 aliphatic heterocycles. The van der Waals surface area contributed by atoms with Crippen LogP contribution in [0.1, 0.15) is 45.2 Å². The number of rotatable bonds is 9. The number of hydrogen-bond donors (Lipinski definition) is 2. The zero-order valence-corrected chi connectivity index (χ0v) is 15.1. The van der Waals surface area contributed by atoms with Gasteiger partial charge in [-0.3, -0.25) is 4.79 Å². The molecule has 0 heterocycles. The van der Waals surface area contributed by atoms with Crippen molar-refractivity contribution in [3.63, 3.8) is 0 Å². The molecule has 0 unspecified atom stereocenters. The molecule has 4 nitrogen and oxygen atoms in total. The molecule has 22 heavy (non-hydrogen) atoms. The Morgan fingerprint density at radius 3 is 2.55 bits per heavy atom. The summed E-state index contributed by atoms with van der Waals surface area (Å²) >= 11 is 3.49. The molecule has 0 aromatic heterocycles. The molecule has 0 saturated carbocycles. The lowest BCUT2D eigenvalue weighted by atomic mass is 10.0. The second-order valence-corrected chi connectivity index (χ2v) is 6.64.